The van der Waals surface area contributed by atoms with Crippen molar-refractivity contribution >= 4 is 0 Å². The van der Waals surface area contributed by atoms with Crippen LogP contribution in [0.25, 0.3) is 0 Å². The maximum absolute atomic E-state index is 12.4. The van der Waals surface area contributed by atoms with Gasteiger partial charge in [0.2, 0.25) is 0 Å². The van der Waals surface area contributed by atoms with Crippen molar-refractivity contribution in [3.05, 3.63) is 59.4 Å². The van der Waals surface area contributed by atoms with Crippen LogP contribution in [-0.4, -0.2) is 11.6 Å². The fourth-order valence-electron chi connectivity index (χ4n) is 1.94. The Balaban J connectivity index is 2.13. The summed E-state index contributed by atoms with van der Waals surface area (Å²) in [5.41, 5.74) is 1.34. The Morgan fingerprint density at radius 1 is 1.11 bits per heavy atom. The van der Waals surface area contributed by atoms with Crippen molar-refractivity contribution in [1.29, 1.82) is 0 Å². The van der Waals surface area contributed by atoms with Crippen LogP contribution < -0.4 is 5.32 Å². The fourth-order valence-corrected chi connectivity index (χ4v) is 1.94. The SMILES string of the molecule is CNCc1cccn1Cc1ccc(C(F)(F)F)cc1. The van der Waals surface area contributed by atoms with E-state index < -0.39 is 11.7 Å². The molecule has 102 valence electrons. The van der Waals surface area contributed by atoms with Crippen LogP contribution in [0.5, 0.6) is 0 Å². The number of hydrogen-bond donors (Lipinski definition) is 1. The second kappa shape index (κ2) is 5.48. The summed E-state index contributed by atoms with van der Waals surface area (Å²) in [7, 11) is 1.86. The van der Waals surface area contributed by atoms with Crippen LogP contribution >= 0.6 is 0 Å². The van der Waals surface area contributed by atoms with Crippen LogP contribution in [0, 0.1) is 0 Å². The highest BCUT2D eigenvalue weighted by Gasteiger charge is 2.29. The first kappa shape index (κ1) is 13.7. The molecular weight excluding hydrogens is 253 g/mol. The number of benzene rings is 1. The van der Waals surface area contributed by atoms with Gasteiger partial charge in [0.05, 0.1) is 5.56 Å². The first-order valence-electron chi connectivity index (χ1n) is 5.95. The summed E-state index contributed by atoms with van der Waals surface area (Å²) in [6.07, 6.45) is -2.35. The van der Waals surface area contributed by atoms with Crippen LogP contribution in [0.15, 0.2) is 42.6 Å². The van der Waals surface area contributed by atoms with E-state index in [0.29, 0.717) is 6.54 Å². The van der Waals surface area contributed by atoms with Gasteiger partial charge in [0.25, 0.3) is 0 Å². The van der Waals surface area contributed by atoms with E-state index >= 15 is 0 Å². The third-order valence-corrected chi connectivity index (χ3v) is 2.92. The molecule has 0 fully saturated rings. The van der Waals surface area contributed by atoms with Gasteiger partial charge in [-0.15, -0.1) is 0 Å². The lowest BCUT2D eigenvalue weighted by molar-refractivity contribution is -0.137. The van der Waals surface area contributed by atoms with Crippen molar-refractivity contribution in [2.45, 2.75) is 19.3 Å². The summed E-state index contributed by atoms with van der Waals surface area (Å²) >= 11 is 0. The molecule has 1 heterocycles. The van der Waals surface area contributed by atoms with E-state index in [1.54, 1.807) is 0 Å². The number of hydrogen-bond acceptors (Lipinski definition) is 1. The van der Waals surface area contributed by atoms with Gasteiger partial charge in [-0.3, -0.25) is 0 Å². The fraction of sp³-hybridized carbons (Fsp3) is 0.286. The molecule has 1 aromatic heterocycles. The zero-order chi connectivity index (χ0) is 13.9. The van der Waals surface area contributed by atoms with E-state index in [-0.39, 0.29) is 0 Å². The molecule has 1 aromatic carbocycles. The highest BCUT2D eigenvalue weighted by Crippen LogP contribution is 2.29. The third-order valence-electron chi connectivity index (χ3n) is 2.92. The maximum Gasteiger partial charge on any atom is 0.416 e. The third kappa shape index (κ3) is 3.38. The van der Waals surface area contributed by atoms with Crippen LogP contribution in [0.3, 0.4) is 0 Å². The standard InChI is InChI=1S/C14H15F3N2/c1-18-9-13-3-2-8-19(13)10-11-4-6-12(7-5-11)14(15,16)17/h2-8,18H,9-10H2,1H3. The predicted octanol–water partition coefficient (Wildman–Crippen LogP) is 3.27. The molecule has 0 atom stereocenters. The van der Waals surface area contributed by atoms with Gasteiger partial charge in [0, 0.05) is 25.0 Å². The Labute approximate surface area is 109 Å². The van der Waals surface area contributed by atoms with E-state index in [1.165, 1.54) is 12.1 Å². The van der Waals surface area contributed by atoms with E-state index in [2.05, 4.69) is 5.32 Å². The van der Waals surface area contributed by atoms with Gasteiger partial charge >= 0.3 is 6.18 Å². The predicted molar refractivity (Wildman–Crippen MR) is 67.7 cm³/mol. The minimum atomic E-state index is -4.27. The lowest BCUT2D eigenvalue weighted by Gasteiger charge is -2.11. The molecule has 2 rings (SSSR count). The average Bonchev–Trinajstić information content (AvgIpc) is 2.77. The second-order valence-corrected chi connectivity index (χ2v) is 4.35. The smallest absolute Gasteiger partial charge is 0.346 e. The van der Waals surface area contributed by atoms with Crippen molar-refractivity contribution in [2.75, 3.05) is 7.05 Å². The number of aromatic nitrogens is 1. The summed E-state index contributed by atoms with van der Waals surface area (Å²) in [5.74, 6) is 0. The minimum Gasteiger partial charge on any atom is -0.346 e. The quantitative estimate of drug-likeness (QED) is 0.900. The first-order valence-corrected chi connectivity index (χ1v) is 5.95. The summed E-state index contributed by atoms with van der Waals surface area (Å²) in [6, 6.07) is 9.20. The lowest BCUT2D eigenvalue weighted by Crippen LogP contribution is -2.11. The highest BCUT2D eigenvalue weighted by molar-refractivity contribution is 5.25. The zero-order valence-electron chi connectivity index (χ0n) is 10.5. The molecule has 0 aliphatic carbocycles. The lowest BCUT2D eigenvalue weighted by atomic mass is 10.1. The molecule has 0 saturated heterocycles. The number of nitrogens with one attached hydrogen (secondary N) is 1. The normalized spacial score (nSPS) is 11.8. The summed E-state index contributed by atoms with van der Waals surface area (Å²) in [5, 5.41) is 3.06. The van der Waals surface area contributed by atoms with Gasteiger partial charge in [0.1, 0.15) is 0 Å². The number of halogens is 3. The second-order valence-electron chi connectivity index (χ2n) is 4.35. The van der Waals surface area contributed by atoms with Crippen LogP contribution in [0.1, 0.15) is 16.8 Å². The molecular formula is C14H15F3N2. The molecule has 0 saturated carbocycles. The van der Waals surface area contributed by atoms with Gasteiger partial charge in [0.15, 0.2) is 0 Å². The molecule has 0 aliphatic heterocycles. The van der Waals surface area contributed by atoms with Crippen LogP contribution in [0.4, 0.5) is 13.2 Å². The number of nitrogens with zero attached hydrogens (tertiary/aromatic N) is 1. The van der Waals surface area contributed by atoms with Gasteiger partial charge in [-0.1, -0.05) is 12.1 Å². The number of rotatable bonds is 4. The Morgan fingerprint density at radius 2 is 1.79 bits per heavy atom. The van der Waals surface area contributed by atoms with Gasteiger partial charge in [-0.2, -0.15) is 13.2 Å². The van der Waals surface area contributed by atoms with Crippen molar-refractivity contribution in [1.82, 2.24) is 9.88 Å². The largest absolute Gasteiger partial charge is 0.416 e. The zero-order valence-corrected chi connectivity index (χ0v) is 10.5. The molecule has 1 N–H and O–H groups in total. The Bertz CT molecular complexity index is 526. The van der Waals surface area contributed by atoms with E-state index in [0.717, 1.165) is 29.9 Å². The molecule has 0 bridgehead atoms. The summed E-state index contributed by atoms with van der Waals surface area (Å²) in [4.78, 5) is 0. The van der Waals surface area contributed by atoms with Gasteiger partial charge in [-0.25, -0.2) is 0 Å². The molecule has 0 unspecified atom stereocenters. The van der Waals surface area contributed by atoms with E-state index in [9.17, 15) is 13.2 Å². The summed E-state index contributed by atoms with van der Waals surface area (Å²) in [6.45, 7) is 1.30. The van der Waals surface area contributed by atoms with Gasteiger partial charge in [-0.05, 0) is 36.9 Å². The van der Waals surface area contributed by atoms with E-state index in [1.807, 2.05) is 29.9 Å². The highest BCUT2D eigenvalue weighted by atomic mass is 19.4. The van der Waals surface area contributed by atoms with Crippen molar-refractivity contribution in [2.24, 2.45) is 0 Å². The average molecular weight is 268 g/mol. The molecule has 2 nitrogen and oxygen atoms in total. The van der Waals surface area contributed by atoms with Crippen molar-refractivity contribution in [3.63, 3.8) is 0 Å². The maximum atomic E-state index is 12.4. The Morgan fingerprint density at radius 3 is 2.37 bits per heavy atom. The minimum absolute atomic E-state index is 0.572. The molecule has 2 aromatic rings. The van der Waals surface area contributed by atoms with Crippen LogP contribution in [0.2, 0.25) is 0 Å². The molecule has 5 heteroatoms. The van der Waals surface area contributed by atoms with Crippen molar-refractivity contribution < 1.29 is 13.2 Å². The first-order chi connectivity index (χ1) is 9.00. The molecule has 0 radical (unpaired) electrons. The molecule has 0 spiro atoms. The monoisotopic (exact) mass is 268 g/mol. The summed E-state index contributed by atoms with van der Waals surface area (Å²) < 4.78 is 39.4. The van der Waals surface area contributed by atoms with Crippen LogP contribution in [-0.2, 0) is 19.3 Å². The molecule has 19 heavy (non-hydrogen) atoms. The van der Waals surface area contributed by atoms with Gasteiger partial charge < -0.3 is 9.88 Å². The molecule has 0 aliphatic rings. The number of alkyl halides is 3. The molecule has 0 amide bonds. The Hall–Kier alpha value is -1.75. The Kier molecular flexibility index (Phi) is 3.95. The van der Waals surface area contributed by atoms with E-state index in [4.69, 9.17) is 0 Å². The topological polar surface area (TPSA) is 17.0 Å². The van der Waals surface area contributed by atoms with Crippen molar-refractivity contribution in [3.8, 4) is 0 Å².